The molecule has 0 aliphatic heterocycles. The molecule has 2 N–H and O–H groups in total. The topological polar surface area (TPSA) is 43.3 Å². The Balaban J connectivity index is 2.31. The highest BCUT2D eigenvalue weighted by Crippen LogP contribution is 2.27. The fraction of sp³-hybridized carbons (Fsp3) is 0.133. The molecule has 0 spiro atoms. The average molecular weight is 272 g/mol. The van der Waals surface area contributed by atoms with Crippen molar-refractivity contribution < 1.29 is 0 Å². The zero-order chi connectivity index (χ0) is 13.6. The third-order valence-corrected chi connectivity index (χ3v) is 3.50. The van der Waals surface area contributed by atoms with E-state index in [9.17, 15) is 0 Å². The molecule has 2 aromatic heterocycles. The molecule has 4 heteroatoms. The van der Waals surface area contributed by atoms with Gasteiger partial charge in [0.15, 0.2) is 0 Å². The van der Waals surface area contributed by atoms with Crippen molar-refractivity contribution in [2.45, 2.75) is 13.8 Å². The number of rotatable bonds is 1. The smallest absolute Gasteiger partial charge is 0.140 e. The lowest BCUT2D eigenvalue weighted by Gasteiger charge is -2.02. The predicted octanol–water partition coefficient (Wildman–Crippen LogP) is 3.85. The minimum absolute atomic E-state index is 0.713. The van der Waals surface area contributed by atoms with Gasteiger partial charge in [0.2, 0.25) is 0 Å². The molecule has 0 atom stereocenters. The lowest BCUT2D eigenvalue weighted by atomic mass is 10.1. The van der Waals surface area contributed by atoms with Crippen molar-refractivity contribution in [2.75, 3.05) is 5.73 Å². The highest BCUT2D eigenvalue weighted by atomic mass is 35.5. The summed E-state index contributed by atoms with van der Waals surface area (Å²) in [5.41, 5.74) is 11.7. The normalized spacial score (nSPS) is 11.1. The number of fused-ring (bicyclic) bond motifs is 1. The maximum atomic E-state index is 6.05. The number of pyridine rings is 1. The first-order valence-corrected chi connectivity index (χ1v) is 6.45. The first-order valence-electron chi connectivity index (χ1n) is 6.07. The van der Waals surface area contributed by atoms with Gasteiger partial charge in [-0.2, -0.15) is 0 Å². The van der Waals surface area contributed by atoms with E-state index in [0.717, 1.165) is 33.8 Å². The molecule has 3 nitrogen and oxygen atoms in total. The molecule has 0 aliphatic rings. The third-order valence-electron chi connectivity index (χ3n) is 3.26. The Bertz CT molecular complexity index is 774. The second-order valence-electron chi connectivity index (χ2n) is 4.71. The van der Waals surface area contributed by atoms with Crippen molar-refractivity contribution in [1.29, 1.82) is 0 Å². The van der Waals surface area contributed by atoms with Crippen molar-refractivity contribution in [3.8, 4) is 11.3 Å². The zero-order valence-corrected chi connectivity index (χ0v) is 11.6. The van der Waals surface area contributed by atoms with Crippen LogP contribution in [0.2, 0.25) is 5.02 Å². The van der Waals surface area contributed by atoms with E-state index in [1.165, 1.54) is 0 Å². The number of anilines is 1. The molecule has 0 amide bonds. The fourth-order valence-corrected chi connectivity index (χ4v) is 2.55. The van der Waals surface area contributed by atoms with Gasteiger partial charge in [-0.15, -0.1) is 0 Å². The number of aryl methyl sites for hydroxylation is 2. The van der Waals surface area contributed by atoms with Crippen LogP contribution < -0.4 is 5.73 Å². The zero-order valence-electron chi connectivity index (χ0n) is 10.8. The SMILES string of the molecule is Cc1cc(N)cn2c(C)c(-c3cccc(Cl)c3)nc12. The Labute approximate surface area is 116 Å². The van der Waals surface area contributed by atoms with Crippen molar-refractivity contribution >= 4 is 22.9 Å². The maximum absolute atomic E-state index is 6.05. The standard InChI is InChI=1S/C15H14ClN3/c1-9-6-13(17)8-19-10(2)14(18-15(9)19)11-4-3-5-12(16)7-11/h3-8H,17H2,1-2H3. The Morgan fingerprint density at radius 1 is 1.21 bits per heavy atom. The van der Waals surface area contributed by atoms with E-state index in [2.05, 4.69) is 0 Å². The first-order chi connectivity index (χ1) is 9.06. The number of hydrogen-bond acceptors (Lipinski definition) is 2. The van der Waals surface area contributed by atoms with Crippen LogP contribution in [-0.4, -0.2) is 9.38 Å². The van der Waals surface area contributed by atoms with Crippen LogP contribution >= 0.6 is 11.6 Å². The molecule has 96 valence electrons. The number of hydrogen-bond donors (Lipinski definition) is 1. The van der Waals surface area contributed by atoms with Crippen molar-refractivity contribution in [3.05, 3.63) is 52.8 Å². The minimum atomic E-state index is 0.713. The van der Waals surface area contributed by atoms with Gasteiger partial charge in [-0.1, -0.05) is 23.7 Å². The first kappa shape index (κ1) is 12.1. The van der Waals surface area contributed by atoms with Crippen LogP contribution in [0.25, 0.3) is 16.9 Å². The molecule has 3 rings (SSSR count). The van der Waals surface area contributed by atoms with Gasteiger partial charge in [-0.3, -0.25) is 0 Å². The lowest BCUT2D eigenvalue weighted by Crippen LogP contribution is -1.94. The summed E-state index contributed by atoms with van der Waals surface area (Å²) in [6.45, 7) is 4.05. The molecule has 0 bridgehead atoms. The predicted molar refractivity (Wildman–Crippen MR) is 79.5 cm³/mol. The van der Waals surface area contributed by atoms with E-state index in [-0.39, 0.29) is 0 Å². The molecule has 3 aromatic rings. The summed E-state index contributed by atoms with van der Waals surface area (Å²) in [4.78, 5) is 4.71. The van der Waals surface area contributed by atoms with Crippen molar-refractivity contribution in [2.24, 2.45) is 0 Å². The quantitative estimate of drug-likeness (QED) is 0.730. The Hall–Kier alpha value is -2.00. The number of nitrogen functional groups attached to an aromatic ring is 1. The molecule has 0 saturated carbocycles. The van der Waals surface area contributed by atoms with Gasteiger partial charge >= 0.3 is 0 Å². The van der Waals surface area contributed by atoms with Crippen molar-refractivity contribution in [3.63, 3.8) is 0 Å². The molecule has 0 radical (unpaired) electrons. The summed E-state index contributed by atoms with van der Waals surface area (Å²) < 4.78 is 2.03. The largest absolute Gasteiger partial charge is 0.398 e. The number of benzene rings is 1. The second-order valence-corrected chi connectivity index (χ2v) is 5.14. The van der Waals surface area contributed by atoms with Crippen LogP contribution in [-0.2, 0) is 0 Å². The highest BCUT2D eigenvalue weighted by molar-refractivity contribution is 6.30. The lowest BCUT2D eigenvalue weighted by molar-refractivity contribution is 1.10. The van der Waals surface area contributed by atoms with Gasteiger partial charge in [0, 0.05) is 28.2 Å². The van der Waals surface area contributed by atoms with Crippen LogP contribution in [0, 0.1) is 13.8 Å². The van der Waals surface area contributed by atoms with E-state index >= 15 is 0 Å². The van der Waals surface area contributed by atoms with Crippen LogP contribution in [0.5, 0.6) is 0 Å². The summed E-state index contributed by atoms with van der Waals surface area (Å²) in [6.07, 6.45) is 1.90. The monoisotopic (exact) mass is 271 g/mol. The molecule has 1 aromatic carbocycles. The van der Waals surface area contributed by atoms with Crippen molar-refractivity contribution in [1.82, 2.24) is 9.38 Å². The van der Waals surface area contributed by atoms with E-state index in [0.29, 0.717) is 5.02 Å². The number of halogens is 1. The summed E-state index contributed by atoms with van der Waals surface area (Å²) in [7, 11) is 0. The molecule has 0 unspecified atom stereocenters. The molecule has 0 fully saturated rings. The van der Waals surface area contributed by atoms with E-state index < -0.39 is 0 Å². The average Bonchev–Trinajstić information content (AvgIpc) is 2.68. The van der Waals surface area contributed by atoms with Crippen LogP contribution in [0.1, 0.15) is 11.3 Å². The van der Waals surface area contributed by atoms with Gasteiger partial charge in [0.1, 0.15) is 5.65 Å². The molecular weight excluding hydrogens is 258 g/mol. The number of imidazole rings is 1. The highest BCUT2D eigenvalue weighted by Gasteiger charge is 2.12. The van der Waals surface area contributed by atoms with Gasteiger partial charge in [0.05, 0.1) is 5.69 Å². The molecule has 19 heavy (non-hydrogen) atoms. The summed E-state index contributed by atoms with van der Waals surface area (Å²) in [5.74, 6) is 0. The van der Waals surface area contributed by atoms with E-state index in [4.69, 9.17) is 22.3 Å². The Morgan fingerprint density at radius 3 is 2.74 bits per heavy atom. The van der Waals surface area contributed by atoms with Gasteiger partial charge in [-0.25, -0.2) is 4.98 Å². The van der Waals surface area contributed by atoms with E-state index in [1.807, 2.05) is 54.8 Å². The third kappa shape index (κ3) is 1.96. The number of nitrogens with two attached hydrogens (primary N) is 1. The summed E-state index contributed by atoms with van der Waals surface area (Å²) in [5, 5.41) is 0.713. The maximum Gasteiger partial charge on any atom is 0.140 e. The van der Waals surface area contributed by atoms with Crippen LogP contribution in [0.3, 0.4) is 0 Å². The number of nitrogens with zero attached hydrogens (tertiary/aromatic N) is 2. The van der Waals surface area contributed by atoms with Gasteiger partial charge < -0.3 is 10.1 Å². The fourth-order valence-electron chi connectivity index (χ4n) is 2.36. The Kier molecular flexibility index (Phi) is 2.72. The van der Waals surface area contributed by atoms with Gasteiger partial charge in [-0.05, 0) is 37.6 Å². The van der Waals surface area contributed by atoms with Gasteiger partial charge in [0.25, 0.3) is 0 Å². The second kappa shape index (κ2) is 4.28. The molecule has 0 saturated heterocycles. The Morgan fingerprint density at radius 2 is 2.00 bits per heavy atom. The molecular formula is C15H14ClN3. The van der Waals surface area contributed by atoms with Crippen LogP contribution in [0.15, 0.2) is 36.5 Å². The molecule has 0 aliphatic carbocycles. The molecule has 2 heterocycles. The summed E-state index contributed by atoms with van der Waals surface area (Å²) >= 11 is 6.05. The minimum Gasteiger partial charge on any atom is -0.398 e. The number of aromatic nitrogens is 2. The van der Waals surface area contributed by atoms with E-state index in [1.54, 1.807) is 0 Å². The van der Waals surface area contributed by atoms with Crippen LogP contribution in [0.4, 0.5) is 5.69 Å². The summed E-state index contributed by atoms with van der Waals surface area (Å²) in [6, 6.07) is 9.67.